The highest BCUT2D eigenvalue weighted by atomic mass is 15.1. The monoisotopic (exact) mass is 842 g/mol. The van der Waals surface area contributed by atoms with E-state index in [0.717, 1.165) is 99.8 Å². The standard InChI is InChI=1S/C62H42N4/c1-40-21-25-42(26-22-40)46-29-31-59-53(33-46)50-17-9-11-19-57(50)65(59)61-37-49(39-63)52(48-35-55(44-13-5-3-6-14-44)64-56(36-48)45-15-7-4-8-16-45)38-62(61)66-58-20-12-10-18-51(58)54-34-47(30-32-60(54)66)43-27-23-41(2)24-28-43/h3-38H,1-2H3. The van der Waals surface area contributed by atoms with Crippen LogP contribution in [0.5, 0.6) is 0 Å². The lowest BCUT2D eigenvalue weighted by molar-refractivity contribution is 1.09. The van der Waals surface area contributed by atoms with Gasteiger partial charge in [-0.15, -0.1) is 0 Å². The van der Waals surface area contributed by atoms with Crippen molar-refractivity contribution in [1.82, 2.24) is 14.1 Å². The van der Waals surface area contributed by atoms with Crippen LogP contribution in [-0.4, -0.2) is 14.1 Å². The summed E-state index contributed by atoms with van der Waals surface area (Å²) in [6.45, 7) is 4.25. The van der Waals surface area contributed by atoms with Crippen LogP contribution in [0.3, 0.4) is 0 Å². The van der Waals surface area contributed by atoms with Gasteiger partial charge in [-0.25, -0.2) is 4.98 Å². The second-order valence-corrected chi connectivity index (χ2v) is 17.3. The van der Waals surface area contributed by atoms with Gasteiger partial charge in [0, 0.05) is 38.2 Å². The first-order valence-electron chi connectivity index (χ1n) is 22.4. The molecule has 0 fully saturated rings. The molecule has 310 valence electrons. The van der Waals surface area contributed by atoms with Crippen molar-refractivity contribution in [2.45, 2.75) is 13.8 Å². The van der Waals surface area contributed by atoms with Gasteiger partial charge in [0.15, 0.2) is 0 Å². The smallest absolute Gasteiger partial charge is 0.0998 e. The molecule has 0 amide bonds. The SMILES string of the molecule is Cc1ccc(-c2ccc3c(c2)c2ccccc2n3-c2cc(C#N)c(-c3cc(-c4ccccc4)nc(-c4ccccc4)c3)cc2-n2c3ccccc3c3cc(-c4ccc(C)cc4)ccc32)cc1. The molecule has 0 aliphatic carbocycles. The normalized spacial score (nSPS) is 11.5. The first-order chi connectivity index (χ1) is 32.5. The maximum absolute atomic E-state index is 11.3. The maximum atomic E-state index is 11.3. The molecule has 9 aromatic carbocycles. The molecule has 0 radical (unpaired) electrons. The molecule has 0 atom stereocenters. The molecule has 0 N–H and O–H groups in total. The second-order valence-electron chi connectivity index (χ2n) is 17.3. The molecule has 66 heavy (non-hydrogen) atoms. The summed E-state index contributed by atoms with van der Waals surface area (Å²) in [6.07, 6.45) is 0. The highest BCUT2D eigenvalue weighted by molar-refractivity contribution is 6.13. The fourth-order valence-corrected chi connectivity index (χ4v) is 9.78. The Balaban J connectivity index is 1.18. The third kappa shape index (κ3) is 6.57. The number of para-hydroxylation sites is 2. The van der Waals surface area contributed by atoms with Crippen molar-refractivity contribution in [1.29, 1.82) is 5.26 Å². The van der Waals surface area contributed by atoms with Crippen LogP contribution < -0.4 is 0 Å². The molecule has 0 bridgehead atoms. The zero-order valence-corrected chi connectivity index (χ0v) is 36.6. The minimum Gasteiger partial charge on any atom is -0.307 e. The van der Waals surface area contributed by atoms with Gasteiger partial charge in [-0.2, -0.15) is 5.26 Å². The van der Waals surface area contributed by atoms with E-state index in [1.54, 1.807) is 0 Å². The Labute approximate surface area is 383 Å². The van der Waals surface area contributed by atoms with E-state index >= 15 is 0 Å². The number of nitrogens with zero attached hydrogens (tertiary/aromatic N) is 4. The lowest BCUT2D eigenvalue weighted by Crippen LogP contribution is -2.05. The van der Waals surface area contributed by atoms with Crippen LogP contribution in [0.25, 0.3) is 111 Å². The van der Waals surface area contributed by atoms with Crippen LogP contribution in [0, 0.1) is 25.2 Å². The van der Waals surface area contributed by atoms with Gasteiger partial charge in [0.1, 0.15) is 0 Å². The van der Waals surface area contributed by atoms with Gasteiger partial charge in [-0.3, -0.25) is 0 Å². The predicted molar refractivity (Wildman–Crippen MR) is 274 cm³/mol. The Morgan fingerprint density at radius 3 is 1.23 bits per heavy atom. The van der Waals surface area contributed by atoms with E-state index in [-0.39, 0.29) is 0 Å². The zero-order chi connectivity index (χ0) is 44.3. The summed E-state index contributed by atoms with van der Waals surface area (Å²) < 4.78 is 4.77. The molecule has 4 heteroatoms. The number of nitriles is 1. The van der Waals surface area contributed by atoms with Gasteiger partial charge < -0.3 is 9.13 Å². The number of aromatic nitrogens is 3. The van der Waals surface area contributed by atoms with Gasteiger partial charge in [0.05, 0.1) is 56.5 Å². The summed E-state index contributed by atoms with van der Waals surface area (Å²) in [5, 5.41) is 15.9. The predicted octanol–water partition coefficient (Wildman–Crippen LogP) is 16.1. The Morgan fingerprint density at radius 1 is 0.348 bits per heavy atom. The Morgan fingerprint density at radius 2 is 0.758 bits per heavy atom. The van der Waals surface area contributed by atoms with Crippen LogP contribution in [-0.2, 0) is 0 Å². The summed E-state index contributed by atoms with van der Waals surface area (Å²) in [7, 11) is 0. The first-order valence-corrected chi connectivity index (χ1v) is 22.4. The second kappa shape index (κ2) is 15.8. The van der Waals surface area contributed by atoms with Crippen LogP contribution in [0.2, 0.25) is 0 Å². The van der Waals surface area contributed by atoms with E-state index in [1.165, 1.54) is 22.3 Å². The largest absolute Gasteiger partial charge is 0.307 e. The zero-order valence-electron chi connectivity index (χ0n) is 36.6. The summed E-state index contributed by atoms with van der Waals surface area (Å²) >= 11 is 0. The minimum atomic E-state index is 0.572. The van der Waals surface area contributed by atoms with Gasteiger partial charge in [0.2, 0.25) is 0 Å². The molecular formula is C62H42N4. The fourth-order valence-electron chi connectivity index (χ4n) is 9.78. The summed E-state index contributed by atoms with van der Waals surface area (Å²) in [6, 6.07) is 80.3. The molecule has 0 saturated carbocycles. The molecule has 0 spiro atoms. The first kappa shape index (κ1) is 38.9. The van der Waals surface area contributed by atoms with Crippen LogP contribution in [0.1, 0.15) is 16.7 Å². The molecule has 0 aliphatic heterocycles. The third-order valence-electron chi connectivity index (χ3n) is 13.1. The molecule has 4 nitrogen and oxygen atoms in total. The van der Waals surface area contributed by atoms with E-state index in [0.29, 0.717) is 5.56 Å². The number of pyridine rings is 1. The van der Waals surface area contributed by atoms with E-state index in [1.807, 2.05) is 36.4 Å². The molecule has 0 aliphatic rings. The highest BCUT2D eigenvalue weighted by Gasteiger charge is 2.24. The molecule has 12 aromatic rings. The quantitative estimate of drug-likeness (QED) is 0.160. The van der Waals surface area contributed by atoms with Crippen molar-refractivity contribution in [3.05, 3.63) is 235 Å². The fraction of sp³-hybridized carbons (Fsp3) is 0.0323. The lowest BCUT2D eigenvalue weighted by Gasteiger charge is -2.20. The molecule has 3 heterocycles. The number of benzene rings is 9. The summed E-state index contributed by atoms with van der Waals surface area (Å²) in [5.41, 5.74) is 19.3. The summed E-state index contributed by atoms with van der Waals surface area (Å²) in [5.74, 6) is 0. The number of hydrogen-bond donors (Lipinski definition) is 0. The molecular weight excluding hydrogens is 801 g/mol. The van der Waals surface area contributed by atoms with E-state index in [2.05, 4.69) is 211 Å². The molecule has 12 rings (SSSR count). The van der Waals surface area contributed by atoms with Crippen LogP contribution >= 0.6 is 0 Å². The highest BCUT2D eigenvalue weighted by Crippen LogP contribution is 2.43. The molecule has 0 saturated heterocycles. The summed E-state index contributed by atoms with van der Waals surface area (Å²) in [4.78, 5) is 5.21. The van der Waals surface area contributed by atoms with Crippen molar-refractivity contribution in [3.63, 3.8) is 0 Å². The maximum Gasteiger partial charge on any atom is 0.0998 e. The van der Waals surface area contributed by atoms with Gasteiger partial charge in [-0.05, 0) is 102 Å². The van der Waals surface area contributed by atoms with E-state index in [9.17, 15) is 5.26 Å². The van der Waals surface area contributed by atoms with E-state index in [4.69, 9.17) is 4.98 Å². The Hall–Kier alpha value is -8.78. The number of rotatable bonds is 7. The topological polar surface area (TPSA) is 46.5 Å². The van der Waals surface area contributed by atoms with Crippen molar-refractivity contribution in [2.75, 3.05) is 0 Å². The number of aryl methyl sites for hydroxylation is 2. The van der Waals surface area contributed by atoms with Crippen LogP contribution in [0.15, 0.2) is 218 Å². The molecule has 3 aromatic heterocycles. The molecule has 0 unspecified atom stereocenters. The number of hydrogen-bond acceptors (Lipinski definition) is 2. The van der Waals surface area contributed by atoms with E-state index < -0.39 is 0 Å². The average molecular weight is 843 g/mol. The lowest BCUT2D eigenvalue weighted by atomic mass is 9.95. The van der Waals surface area contributed by atoms with Gasteiger partial charge in [0.25, 0.3) is 0 Å². The Kier molecular flexibility index (Phi) is 9.29. The van der Waals surface area contributed by atoms with Gasteiger partial charge >= 0.3 is 0 Å². The number of fused-ring (bicyclic) bond motifs is 6. The third-order valence-corrected chi connectivity index (χ3v) is 13.1. The average Bonchev–Trinajstić information content (AvgIpc) is 3.89. The minimum absolute atomic E-state index is 0.572. The Bertz CT molecular complexity index is 3810. The van der Waals surface area contributed by atoms with Crippen molar-refractivity contribution >= 4 is 43.6 Å². The van der Waals surface area contributed by atoms with Crippen molar-refractivity contribution in [2.24, 2.45) is 0 Å². The van der Waals surface area contributed by atoms with Crippen molar-refractivity contribution in [3.8, 4) is 73.3 Å². The van der Waals surface area contributed by atoms with Gasteiger partial charge in [-0.1, -0.05) is 169 Å². The van der Waals surface area contributed by atoms with Crippen molar-refractivity contribution < 1.29 is 0 Å². The van der Waals surface area contributed by atoms with Crippen LogP contribution in [0.4, 0.5) is 0 Å².